The lowest BCUT2D eigenvalue weighted by atomic mass is 10.1. The van der Waals surface area contributed by atoms with Gasteiger partial charge in [0.2, 0.25) is 0 Å². The highest BCUT2D eigenvalue weighted by molar-refractivity contribution is 5.91. The maximum atomic E-state index is 11.9. The van der Waals surface area contributed by atoms with Crippen molar-refractivity contribution in [2.75, 3.05) is 0 Å². The van der Waals surface area contributed by atoms with Crippen LogP contribution in [0.25, 0.3) is 0 Å². The number of amides is 1. The van der Waals surface area contributed by atoms with Crippen molar-refractivity contribution in [2.45, 2.75) is 26.3 Å². The fraction of sp³-hybridized carbons (Fsp3) is 0.267. The molecule has 1 aromatic carbocycles. The van der Waals surface area contributed by atoms with E-state index in [0.29, 0.717) is 12.2 Å². The van der Waals surface area contributed by atoms with Crippen LogP contribution in [-0.4, -0.2) is 22.2 Å². The summed E-state index contributed by atoms with van der Waals surface area (Å²) in [4.78, 5) is 11.9. The van der Waals surface area contributed by atoms with Crippen molar-refractivity contribution in [3.63, 3.8) is 0 Å². The first-order valence-electron chi connectivity index (χ1n) is 6.34. The average Bonchev–Trinajstić information content (AvgIpc) is 2.80. The standard InChI is InChI=1S/C15H17NO4/c1-9(7-11-4-5-12(17)13(18)8-11)16-15(19)14-6-3-10(2)20-14/h3-6,8-9,17-18H,7H2,1-2H3,(H,16,19)/t9-/m0/s1. The van der Waals surface area contributed by atoms with Crippen LogP contribution in [0.15, 0.2) is 34.7 Å². The van der Waals surface area contributed by atoms with Gasteiger partial charge in [0.15, 0.2) is 17.3 Å². The molecule has 0 radical (unpaired) electrons. The number of aryl methyl sites for hydroxylation is 1. The van der Waals surface area contributed by atoms with Crippen LogP contribution >= 0.6 is 0 Å². The Labute approximate surface area is 116 Å². The smallest absolute Gasteiger partial charge is 0.287 e. The molecule has 20 heavy (non-hydrogen) atoms. The zero-order valence-electron chi connectivity index (χ0n) is 11.4. The molecule has 5 nitrogen and oxygen atoms in total. The Balaban J connectivity index is 1.96. The van der Waals surface area contributed by atoms with E-state index >= 15 is 0 Å². The Hall–Kier alpha value is -2.43. The van der Waals surface area contributed by atoms with Crippen molar-refractivity contribution in [3.05, 3.63) is 47.4 Å². The van der Waals surface area contributed by atoms with Crippen LogP contribution in [0.5, 0.6) is 11.5 Å². The van der Waals surface area contributed by atoms with Gasteiger partial charge in [0.25, 0.3) is 5.91 Å². The van der Waals surface area contributed by atoms with E-state index in [1.165, 1.54) is 12.1 Å². The summed E-state index contributed by atoms with van der Waals surface area (Å²) in [6, 6.07) is 7.84. The van der Waals surface area contributed by atoms with E-state index in [2.05, 4.69) is 5.32 Å². The first-order valence-corrected chi connectivity index (χ1v) is 6.34. The molecule has 2 rings (SSSR count). The largest absolute Gasteiger partial charge is 0.504 e. The van der Waals surface area contributed by atoms with Crippen LogP contribution in [-0.2, 0) is 6.42 Å². The summed E-state index contributed by atoms with van der Waals surface area (Å²) in [7, 11) is 0. The quantitative estimate of drug-likeness (QED) is 0.748. The number of carbonyl (C=O) groups is 1. The Bertz CT molecular complexity index is 618. The lowest BCUT2D eigenvalue weighted by Crippen LogP contribution is -2.33. The molecular weight excluding hydrogens is 258 g/mol. The molecule has 106 valence electrons. The van der Waals surface area contributed by atoms with Gasteiger partial charge < -0.3 is 19.9 Å². The second-order valence-electron chi connectivity index (χ2n) is 4.81. The summed E-state index contributed by atoms with van der Waals surface area (Å²) >= 11 is 0. The zero-order valence-corrected chi connectivity index (χ0v) is 11.4. The zero-order chi connectivity index (χ0) is 14.7. The molecule has 1 amide bonds. The lowest BCUT2D eigenvalue weighted by molar-refractivity contribution is 0.0911. The number of aromatic hydroxyl groups is 2. The third kappa shape index (κ3) is 3.32. The monoisotopic (exact) mass is 275 g/mol. The summed E-state index contributed by atoms with van der Waals surface area (Å²) in [5.41, 5.74) is 0.823. The van der Waals surface area contributed by atoms with E-state index in [0.717, 1.165) is 5.56 Å². The molecule has 0 aliphatic carbocycles. The van der Waals surface area contributed by atoms with E-state index in [4.69, 9.17) is 4.42 Å². The van der Waals surface area contributed by atoms with Gasteiger partial charge in [-0.25, -0.2) is 0 Å². The van der Waals surface area contributed by atoms with Gasteiger partial charge in [-0.05, 0) is 50.1 Å². The predicted molar refractivity (Wildman–Crippen MR) is 73.8 cm³/mol. The molecule has 5 heteroatoms. The van der Waals surface area contributed by atoms with E-state index in [1.807, 2.05) is 6.92 Å². The second kappa shape index (κ2) is 5.69. The summed E-state index contributed by atoms with van der Waals surface area (Å²) < 4.78 is 5.25. The summed E-state index contributed by atoms with van der Waals surface area (Å²) in [6.07, 6.45) is 0.541. The van der Waals surface area contributed by atoms with Gasteiger partial charge in [-0.2, -0.15) is 0 Å². The fourth-order valence-electron chi connectivity index (χ4n) is 1.95. The van der Waals surface area contributed by atoms with Crippen molar-refractivity contribution in [1.29, 1.82) is 0 Å². The summed E-state index contributed by atoms with van der Waals surface area (Å²) in [5.74, 6) is 0.377. The van der Waals surface area contributed by atoms with E-state index in [-0.39, 0.29) is 29.2 Å². The molecule has 0 aliphatic heterocycles. The Kier molecular flexibility index (Phi) is 3.98. The molecule has 1 atom stereocenters. The van der Waals surface area contributed by atoms with Crippen molar-refractivity contribution in [1.82, 2.24) is 5.32 Å². The van der Waals surface area contributed by atoms with Crippen LogP contribution in [0.3, 0.4) is 0 Å². The molecule has 2 aromatic rings. The lowest BCUT2D eigenvalue weighted by Gasteiger charge is -2.13. The number of phenolic OH excluding ortho intramolecular Hbond substituents is 2. The topological polar surface area (TPSA) is 82.7 Å². The van der Waals surface area contributed by atoms with Gasteiger partial charge in [0, 0.05) is 6.04 Å². The van der Waals surface area contributed by atoms with Gasteiger partial charge in [-0.3, -0.25) is 4.79 Å². The molecular formula is C15H17NO4. The summed E-state index contributed by atoms with van der Waals surface area (Å²) in [5, 5.41) is 21.5. The Morgan fingerprint density at radius 2 is 2.00 bits per heavy atom. The van der Waals surface area contributed by atoms with E-state index in [9.17, 15) is 15.0 Å². The van der Waals surface area contributed by atoms with Crippen molar-refractivity contribution in [3.8, 4) is 11.5 Å². The van der Waals surface area contributed by atoms with Crippen LogP contribution in [0.1, 0.15) is 28.8 Å². The number of phenols is 2. The Morgan fingerprint density at radius 1 is 1.25 bits per heavy atom. The highest BCUT2D eigenvalue weighted by Crippen LogP contribution is 2.25. The van der Waals surface area contributed by atoms with Gasteiger partial charge in [0.05, 0.1) is 0 Å². The molecule has 3 N–H and O–H groups in total. The minimum Gasteiger partial charge on any atom is -0.504 e. The highest BCUT2D eigenvalue weighted by atomic mass is 16.3. The Morgan fingerprint density at radius 3 is 2.60 bits per heavy atom. The van der Waals surface area contributed by atoms with Crippen molar-refractivity contribution in [2.24, 2.45) is 0 Å². The van der Waals surface area contributed by atoms with Gasteiger partial charge in [-0.15, -0.1) is 0 Å². The van der Waals surface area contributed by atoms with Crippen LogP contribution < -0.4 is 5.32 Å². The average molecular weight is 275 g/mol. The third-order valence-corrected chi connectivity index (χ3v) is 2.92. The molecule has 1 aromatic heterocycles. The fourth-order valence-corrected chi connectivity index (χ4v) is 1.95. The van der Waals surface area contributed by atoms with Crippen molar-refractivity contribution >= 4 is 5.91 Å². The molecule has 0 saturated carbocycles. The number of rotatable bonds is 4. The van der Waals surface area contributed by atoms with E-state index < -0.39 is 0 Å². The first-order chi connectivity index (χ1) is 9.45. The number of nitrogens with one attached hydrogen (secondary N) is 1. The van der Waals surface area contributed by atoms with Crippen LogP contribution in [0.2, 0.25) is 0 Å². The molecule has 1 heterocycles. The molecule has 0 spiro atoms. The third-order valence-electron chi connectivity index (χ3n) is 2.92. The maximum absolute atomic E-state index is 11.9. The second-order valence-corrected chi connectivity index (χ2v) is 4.81. The van der Waals surface area contributed by atoms with Crippen LogP contribution in [0.4, 0.5) is 0 Å². The van der Waals surface area contributed by atoms with Crippen LogP contribution in [0, 0.1) is 6.92 Å². The van der Waals surface area contributed by atoms with Gasteiger partial charge in [-0.1, -0.05) is 6.07 Å². The van der Waals surface area contributed by atoms with Gasteiger partial charge in [0.1, 0.15) is 5.76 Å². The van der Waals surface area contributed by atoms with E-state index in [1.54, 1.807) is 25.1 Å². The molecule has 0 unspecified atom stereocenters. The minimum atomic E-state index is -0.270. The van der Waals surface area contributed by atoms with Gasteiger partial charge >= 0.3 is 0 Å². The molecule has 0 bridgehead atoms. The summed E-state index contributed by atoms with van der Waals surface area (Å²) in [6.45, 7) is 3.64. The first kappa shape index (κ1) is 14.0. The normalized spacial score (nSPS) is 12.1. The highest BCUT2D eigenvalue weighted by Gasteiger charge is 2.13. The predicted octanol–water partition coefficient (Wildman–Crippen LogP) is 2.36. The number of hydrogen-bond donors (Lipinski definition) is 3. The number of furan rings is 1. The maximum Gasteiger partial charge on any atom is 0.287 e. The number of hydrogen-bond acceptors (Lipinski definition) is 4. The number of benzene rings is 1. The molecule has 0 saturated heterocycles. The SMILES string of the molecule is Cc1ccc(C(=O)N[C@@H](C)Cc2ccc(O)c(O)c2)o1. The minimum absolute atomic E-state index is 0.128. The molecule has 0 aliphatic rings. The molecule has 0 fully saturated rings. The number of carbonyl (C=O) groups excluding carboxylic acids is 1. The van der Waals surface area contributed by atoms with Crippen molar-refractivity contribution < 1.29 is 19.4 Å².